The van der Waals surface area contributed by atoms with Gasteiger partial charge in [0.15, 0.2) is 11.6 Å². The van der Waals surface area contributed by atoms with E-state index in [2.05, 4.69) is 9.97 Å². The van der Waals surface area contributed by atoms with E-state index in [9.17, 15) is 9.18 Å². The summed E-state index contributed by atoms with van der Waals surface area (Å²) in [5.74, 6) is -0.393. The van der Waals surface area contributed by atoms with Crippen LogP contribution in [0.5, 0.6) is 0 Å². The monoisotopic (exact) mass is 343 g/mol. The van der Waals surface area contributed by atoms with Crippen molar-refractivity contribution in [1.82, 2.24) is 14.9 Å². The van der Waals surface area contributed by atoms with E-state index in [0.29, 0.717) is 44.1 Å². The normalized spacial score (nSPS) is 16.6. The quantitative estimate of drug-likeness (QED) is 0.891. The third-order valence-corrected chi connectivity index (χ3v) is 4.54. The van der Waals surface area contributed by atoms with E-state index >= 15 is 0 Å². The van der Waals surface area contributed by atoms with Crippen LogP contribution >= 0.6 is 0 Å². The highest BCUT2D eigenvalue weighted by molar-refractivity contribution is 5.81. The Morgan fingerprint density at radius 2 is 1.88 bits per heavy atom. The fourth-order valence-electron chi connectivity index (χ4n) is 3.24. The zero-order chi connectivity index (χ0) is 17.8. The van der Waals surface area contributed by atoms with Crippen molar-refractivity contribution >= 4 is 11.7 Å². The van der Waals surface area contributed by atoms with E-state index in [4.69, 9.17) is 5.73 Å². The Labute approximate surface area is 146 Å². The molecule has 0 saturated carbocycles. The Hall–Kier alpha value is -2.54. The summed E-state index contributed by atoms with van der Waals surface area (Å²) in [4.78, 5) is 24.0. The second kappa shape index (κ2) is 7.57. The number of aromatic nitrogens is 2. The third-order valence-electron chi connectivity index (χ3n) is 4.54. The Bertz CT molecular complexity index is 732. The first-order valence-electron chi connectivity index (χ1n) is 8.44. The molecule has 1 aromatic heterocycles. The number of piperazine rings is 1. The minimum Gasteiger partial charge on any atom is -0.368 e. The number of carbonyl (C=O) groups is 1. The molecule has 0 bridgehead atoms. The van der Waals surface area contributed by atoms with Gasteiger partial charge in [0.1, 0.15) is 12.4 Å². The van der Waals surface area contributed by atoms with Crippen LogP contribution in [-0.4, -0.2) is 47.0 Å². The molecular formula is C18H22FN5O. The molecule has 25 heavy (non-hydrogen) atoms. The average Bonchev–Trinajstić information content (AvgIpc) is 2.63. The summed E-state index contributed by atoms with van der Waals surface area (Å²) in [5, 5.41) is 0. The SMILES string of the molecule is CCc1ncnc(N2CCN(C(C(N)=O)c3ccccc3)CC2)c1F. The fraction of sp³-hybridized carbons (Fsp3) is 0.389. The molecule has 2 aromatic rings. The number of rotatable bonds is 5. The topological polar surface area (TPSA) is 75.3 Å². The van der Waals surface area contributed by atoms with Crippen LogP contribution < -0.4 is 10.6 Å². The minimum atomic E-state index is -0.468. The van der Waals surface area contributed by atoms with Crippen LogP contribution in [0.4, 0.5) is 10.2 Å². The van der Waals surface area contributed by atoms with Crippen molar-refractivity contribution in [3.63, 3.8) is 0 Å². The van der Waals surface area contributed by atoms with Crippen molar-refractivity contribution in [1.29, 1.82) is 0 Å². The Balaban J connectivity index is 1.74. The van der Waals surface area contributed by atoms with Gasteiger partial charge < -0.3 is 10.6 Å². The van der Waals surface area contributed by atoms with Gasteiger partial charge in [-0.3, -0.25) is 9.69 Å². The minimum absolute atomic E-state index is 0.335. The summed E-state index contributed by atoms with van der Waals surface area (Å²) in [7, 11) is 0. The van der Waals surface area contributed by atoms with Crippen molar-refractivity contribution in [3.05, 3.63) is 53.7 Å². The van der Waals surface area contributed by atoms with Crippen LogP contribution in [0.25, 0.3) is 0 Å². The van der Waals surface area contributed by atoms with Gasteiger partial charge in [-0.15, -0.1) is 0 Å². The number of aryl methyl sites for hydroxylation is 1. The van der Waals surface area contributed by atoms with Gasteiger partial charge in [-0.05, 0) is 12.0 Å². The van der Waals surface area contributed by atoms with Gasteiger partial charge in [0.05, 0.1) is 5.69 Å². The lowest BCUT2D eigenvalue weighted by Crippen LogP contribution is -2.50. The Kier molecular flexibility index (Phi) is 5.23. The largest absolute Gasteiger partial charge is 0.368 e. The van der Waals surface area contributed by atoms with Crippen LogP contribution in [0, 0.1) is 5.82 Å². The number of hydrogen-bond donors (Lipinski definition) is 1. The maximum Gasteiger partial charge on any atom is 0.239 e. The number of benzene rings is 1. The highest BCUT2D eigenvalue weighted by atomic mass is 19.1. The van der Waals surface area contributed by atoms with E-state index in [-0.39, 0.29) is 11.7 Å². The van der Waals surface area contributed by atoms with Crippen LogP contribution in [0.2, 0.25) is 0 Å². The second-order valence-electron chi connectivity index (χ2n) is 6.05. The first-order chi connectivity index (χ1) is 12.1. The van der Waals surface area contributed by atoms with Gasteiger partial charge in [0.25, 0.3) is 0 Å². The number of primary amides is 1. The lowest BCUT2D eigenvalue weighted by Gasteiger charge is -2.38. The maximum atomic E-state index is 14.5. The number of amides is 1. The van der Waals surface area contributed by atoms with Gasteiger partial charge in [-0.25, -0.2) is 14.4 Å². The lowest BCUT2D eigenvalue weighted by atomic mass is 10.0. The summed E-state index contributed by atoms with van der Waals surface area (Å²) in [6, 6.07) is 9.03. The molecule has 1 aliphatic rings. The van der Waals surface area contributed by atoms with Crippen LogP contribution in [-0.2, 0) is 11.2 Å². The zero-order valence-corrected chi connectivity index (χ0v) is 14.2. The molecule has 3 rings (SSSR count). The van der Waals surface area contributed by atoms with Crippen LogP contribution in [0.3, 0.4) is 0 Å². The lowest BCUT2D eigenvalue weighted by molar-refractivity contribution is -0.123. The predicted molar refractivity (Wildman–Crippen MR) is 93.5 cm³/mol. The van der Waals surface area contributed by atoms with Gasteiger partial charge in [-0.1, -0.05) is 37.3 Å². The predicted octanol–water partition coefficient (Wildman–Crippen LogP) is 1.53. The molecule has 1 unspecified atom stereocenters. The van der Waals surface area contributed by atoms with Gasteiger partial charge in [-0.2, -0.15) is 0 Å². The van der Waals surface area contributed by atoms with Gasteiger partial charge in [0, 0.05) is 26.2 Å². The number of halogens is 1. The Morgan fingerprint density at radius 1 is 1.20 bits per heavy atom. The number of hydrogen-bond acceptors (Lipinski definition) is 5. The van der Waals surface area contributed by atoms with Crippen molar-refractivity contribution in [2.45, 2.75) is 19.4 Å². The number of carbonyl (C=O) groups excluding carboxylic acids is 1. The van der Waals surface area contributed by atoms with E-state index < -0.39 is 6.04 Å². The van der Waals surface area contributed by atoms with Gasteiger partial charge >= 0.3 is 0 Å². The summed E-state index contributed by atoms with van der Waals surface area (Å²) in [6.07, 6.45) is 1.93. The molecule has 6 nitrogen and oxygen atoms in total. The molecule has 2 heterocycles. The second-order valence-corrected chi connectivity index (χ2v) is 6.05. The average molecular weight is 343 g/mol. The molecule has 1 saturated heterocycles. The summed E-state index contributed by atoms with van der Waals surface area (Å²) in [5.41, 5.74) is 6.93. The highest BCUT2D eigenvalue weighted by Gasteiger charge is 2.30. The molecule has 132 valence electrons. The van der Waals surface area contributed by atoms with E-state index in [0.717, 1.165) is 5.56 Å². The fourth-order valence-corrected chi connectivity index (χ4v) is 3.24. The van der Waals surface area contributed by atoms with Crippen molar-refractivity contribution in [2.24, 2.45) is 5.73 Å². The molecule has 7 heteroatoms. The van der Waals surface area contributed by atoms with Gasteiger partial charge in [0.2, 0.25) is 5.91 Å². The van der Waals surface area contributed by atoms with E-state index in [1.807, 2.05) is 47.1 Å². The van der Waals surface area contributed by atoms with Crippen molar-refractivity contribution in [3.8, 4) is 0 Å². The third kappa shape index (κ3) is 3.61. The standard InChI is InChI=1S/C18H22FN5O/c1-2-14-15(19)18(22-12-21-14)24-10-8-23(9-11-24)16(17(20)25)13-6-4-3-5-7-13/h3-7,12,16H,2,8-11H2,1H3,(H2,20,25). The zero-order valence-electron chi connectivity index (χ0n) is 14.2. The molecule has 0 radical (unpaired) electrons. The molecular weight excluding hydrogens is 321 g/mol. The molecule has 1 atom stereocenters. The molecule has 1 aliphatic heterocycles. The molecule has 2 N–H and O–H groups in total. The number of nitrogens with two attached hydrogens (primary N) is 1. The maximum absolute atomic E-state index is 14.5. The summed E-state index contributed by atoms with van der Waals surface area (Å²) >= 11 is 0. The number of nitrogens with zero attached hydrogens (tertiary/aromatic N) is 4. The smallest absolute Gasteiger partial charge is 0.239 e. The molecule has 1 fully saturated rings. The summed E-state index contributed by atoms with van der Waals surface area (Å²) in [6.45, 7) is 4.23. The number of anilines is 1. The van der Waals surface area contributed by atoms with Crippen molar-refractivity contribution < 1.29 is 9.18 Å². The first kappa shape index (κ1) is 17.3. The van der Waals surface area contributed by atoms with Crippen LogP contribution in [0.15, 0.2) is 36.7 Å². The molecule has 1 aromatic carbocycles. The van der Waals surface area contributed by atoms with E-state index in [1.54, 1.807) is 0 Å². The van der Waals surface area contributed by atoms with Crippen molar-refractivity contribution in [2.75, 3.05) is 31.1 Å². The van der Waals surface area contributed by atoms with Crippen LogP contribution in [0.1, 0.15) is 24.2 Å². The highest BCUT2D eigenvalue weighted by Crippen LogP contribution is 2.25. The Morgan fingerprint density at radius 3 is 2.48 bits per heavy atom. The molecule has 1 amide bonds. The molecule has 0 spiro atoms. The van der Waals surface area contributed by atoms with E-state index in [1.165, 1.54) is 6.33 Å². The summed E-state index contributed by atoms with van der Waals surface area (Å²) < 4.78 is 14.5. The first-order valence-corrected chi connectivity index (χ1v) is 8.44. The molecule has 0 aliphatic carbocycles.